The van der Waals surface area contributed by atoms with Crippen molar-refractivity contribution < 1.29 is 4.79 Å². The van der Waals surface area contributed by atoms with Crippen molar-refractivity contribution in [1.82, 2.24) is 15.4 Å². The van der Waals surface area contributed by atoms with Crippen LogP contribution in [0.1, 0.15) is 15.4 Å². The Morgan fingerprint density at radius 2 is 2.41 bits per heavy atom. The van der Waals surface area contributed by atoms with Crippen LogP contribution in [0, 0.1) is 0 Å². The van der Waals surface area contributed by atoms with Gasteiger partial charge in [-0.15, -0.1) is 11.3 Å². The summed E-state index contributed by atoms with van der Waals surface area (Å²) in [6, 6.07) is 1.91. The largest absolute Gasteiger partial charge is 0.291 e. The zero-order chi connectivity index (χ0) is 12.1. The summed E-state index contributed by atoms with van der Waals surface area (Å²) in [5, 5.41) is 5.76. The molecule has 0 aliphatic rings. The van der Waals surface area contributed by atoms with E-state index in [-0.39, 0.29) is 11.6 Å². The highest BCUT2D eigenvalue weighted by Crippen LogP contribution is 2.17. The highest BCUT2D eigenvalue weighted by Gasteiger charge is 2.04. The van der Waals surface area contributed by atoms with E-state index in [0.29, 0.717) is 0 Å². The zero-order valence-electron chi connectivity index (χ0n) is 8.50. The van der Waals surface area contributed by atoms with Crippen LogP contribution in [-0.2, 0) is 0 Å². The van der Waals surface area contributed by atoms with Crippen LogP contribution in [0.3, 0.4) is 0 Å². The van der Waals surface area contributed by atoms with Gasteiger partial charge >= 0.3 is 0 Å². The summed E-state index contributed by atoms with van der Waals surface area (Å²) < 4.78 is 0.990. The number of carbonyl (C=O) groups excluding carboxylic acids is 1. The lowest BCUT2D eigenvalue weighted by Crippen LogP contribution is -2.18. The minimum absolute atomic E-state index is 0.233. The molecule has 0 aromatic carbocycles. The van der Waals surface area contributed by atoms with Crippen LogP contribution in [-0.4, -0.2) is 22.1 Å². The monoisotopic (exact) mass is 310 g/mol. The van der Waals surface area contributed by atoms with Gasteiger partial charge in [0.1, 0.15) is 5.69 Å². The molecule has 0 aliphatic heterocycles. The molecule has 86 valence electrons. The number of aromatic nitrogens is 2. The smallest absolute Gasteiger partial charge is 0.265 e. The van der Waals surface area contributed by atoms with Gasteiger partial charge in [-0.05, 0) is 22.0 Å². The lowest BCUT2D eigenvalue weighted by molar-refractivity contribution is 0.0950. The molecule has 2 aromatic heterocycles. The molecule has 0 saturated heterocycles. The summed E-state index contributed by atoms with van der Waals surface area (Å²) in [5.74, 6) is -0.384. The van der Waals surface area contributed by atoms with Crippen molar-refractivity contribution in [2.24, 2.45) is 5.10 Å². The second-order valence-corrected chi connectivity index (χ2v) is 4.82. The molecule has 0 radical (unpaired) electrons. The van der Waals surface area contributed by atoms with Crippen molar-refractivity contribution in [1.29, 1.82) is 0 Å². The highest BCUT2D eigenvalue weighted by atomic mass is 79.9. The summed E-state index contributed by atoms with van der Waals surface area (Å²) in [7, 11) is 0. The second kappa shape index (κ2) is 5.65. The molecule has 2 heterocycles. The minimum Gasteiger partial charge on any atom is -0.265 e. The van der Waals surface area contributed by atoms with E-state index in [4.69, 9.17) is 0 Å². The maximum Gasteiger partial charge on any atom is 0.291 e. The van der Waals surface area contributed by atoms with Crippen LogP contribution in [0.2, 0.25) is 0 Å². The molecule has 2 rings (SSSR count). The molecule has 17 heavy (non-hydrogen) atoms. The molecular weight excluding hydrogens is 304 g/mol. The molecule has 0 unspecified atom stereocenters. The number of hydrazone groups is 1. The van der Waals surface area contributed by atoms with Gasteiger partial charge < -0.3 is 0 Å². The van der Waals surface area contributed by atoms with Gasteiger partial charge in [-0.3, -0.25) is 9.78 Å². The molecule has 7 heteroatoms. The van der Waals surface area contributed by atoms with Gasteiger partial charge in [0.2, 0.25) is 0 Å². The van der Waals surface area contributed by atoms with Crippen molar-refractivity contribution in [3.05, 3.63) is 45.1 Å². The fourth-order valence-electron chi connectivity index (χ4n) is 1.02. The highest BCUT2D eigenvalue weighted by molar-refractivity contribution is 9.10. The van der Waals surface area contributed by atoms with E-state index in [1.54, 1.807) is 6.21 Å². The van der Waals surface area contributed by atoms with Gasteiger partial charge in [-0.1, -0.05) is 0 Å². The van der Waals surface area contributed by atoms with Crippen molar-refractivity contribution in [3.8, 4) is 0 Å². The summed E-state index contributed by atoms with van der Waals surface area (Å²) in [6.45, 7) is 0. The SMILES string of the molecule is O=C(N/N=C\c1cc(Br)cs1)c1cnccn1. The first kappa shape index (κ1) is 11.9. The predicted molar refractivity (Wildman–Crippen MR) is 69.1 cm³/mol. The van der Waals surface area contributed by atoms with E-state index >= 15 is 0 Å². The molecule has 0 atom stereocenters. The van der Waals surface area contributed by atoms with Gasteiger partial charge in [0.05, 0.1) is 12.4 Å². The van der Waals surface area contributed by atoms with E-state index in [1.807, 2.05) is 11.4 Å². The molecule has 2 aromatic rings. The Morgan fingerprint density at radius 3 is 3.06 bits per heavy atom. The quantitative estimate of drug-likeness (QED) is 0.697. The number of carbonyl (C=O) groups is 1. The predicted octanol–water partition coefficient (Wildman–Crippen LogP) is 2.06. The zero-order valence-corrected chi connectivity index (χ0v) is 10.9. The Hall–Kier alpha value is -1.60. The van der Waals surface area contributed by atoms with Crippen LogP contribution in [0.5, 0.6) is 0 Å². The molecule has 0 fully saturated rings. The van der Waals surface area contributed by atoms with Crippen LogP contribution >= 0.6 is 27.3 Å². The van der Waals surface area contributed by atoms with Crippen molar-refractivity contribution in [2.75, 3.05) is 0 Å². The lowest BCUT2D eigenvalue weighted by atomic mass is 10.4. The third-order valence-electron chi connectivity index (χ3n) is 1.74. The van der Waals surface area contributed by atoms with E-state index < -0.39 is 0 Å². The summed E-state index contributed by atoms with van der Waals surface area (Å²) in [5.41, 5.74) is 2.61. The van der Waals surface area contributed by atoms with Gasteiger partial charge in [0, 0.05) is 27.1 Å². The first-order valence-corrected chi connectivity index (χ1v) is 6.26. The number of nitrogens with zero attached hydrogens (tertiary/aromatic N) is 3. The van der Waals surface area contributed by atoms with Crippen LogP contribution in [0.25, 0.3) is 0 Å². The molecule has 0 aliphatic carbocycles. The summed E-state index contributed by atoms with van der Waals surface area (Å²) in [6.07, 6.45) is 5.91. The number of hydrogen-bond donors (Lipinski definition) is 1. The standard InChI is InChI=1S/C10H7BrN4OS/c11-7-3-8(17-6-7)4-14-15-10(16)9-5-12-1-2-13-9/h1-6H,(H,15,16)/b14-4-. The molecular formula is C10H7BrN4OS. The summed E-state index contributed by atoms with van der Waals surface area (Å²) >= 11 is 4.85. The molecule has 1 amide bonds. The third kappa shape index (κ3) is 3.43. The molecule has 1 N–H and O–H groups in total. The average Bonchev–Trinajstić information content (AvgIpc) is 2.76. The van der Waals surface area contributed by atoms with Crippen LogP contribution in [0.15, 0.2) is 39.6 Å². The van der Waals surface area contributed by atoms with Gasteiger partial charge in [-0.25, -0.2) is 10.4 Å². The topological polar surface area (TPSA) is 67.2 Å². The molecule has 0 saturated carbocycles. The maximum absolute atomic E-state index is 11.5. The molecule has 0 spiro atoms. The van der Waals surface area contributed by atoms with Gasteiger partial charge in [0.15, 0.2) is 0 Å². The number of rotatable bonds is 3. The van der Waals surface area contributed by atoms with Gasteiger partial charge in [0.25, 0.3) is 5.91 Å². The van der Waals surface area contributed by atoms with Crippen molar-refractivity contribution >= 4 is 39.4 Å². The van der Waals surface area contributed by atoms with E-state index in [0.717, 1.165) is 9.35 Å². The van der Waals surface area contributed by atoms with Crippen LogP contribution < -0.4 is 5.43 Å². The van der Waals surface area contributed by atoms with Crippen molar-refractivity contribution in [3.63, 3.8) is 0 Å². The maximum atomic E-state index is 11.5. The molecule has 0 bridgehead atoms. The Balaban J connectivity index is 1.95. The number of nitrogens with one attached hydrogen (secondary N) is 1. The number of amides is 1. The Labute approximate surface area is 110 Å². The summed E-state index contributed by atoms with van der Waals surface area (Å²) in [4.78, 5) is 20.1. The van der Waals surface area contributed by atoms with E-state index in [1.165, 1.54) is 29.9 Å². The lowest BCUT2D eigenvalue weighted by Gasteiger charge is -1.96. The number of thiophene rings is 1. The first-order chi connectivity index (χ1) is 8.25. The normalized spacial score (nSPS) is 10.6. The average molecular weight is 311 g/mol. The fourth-order valence-corrected chi connectivity index (χ4v) is 2.33. The number of halogens is 1. The minimum atomic E-state index is -0.384. The second-order valence-electron chi connectivity index (χ2n) is 2.96. The third-order valence-corrected chi connectivity index (χ3v) is 3.37. The first-order valence-electron chi connectivity index (χ1n) is 4.59. The Bertz CT molecular complexity index is 540. The van der Waals surface area contributed by atoms with Crippen LogP contribution in [0.4, 0.5) is 0 Å². The van der Waals surface area contributed by atoms with Crippen molar-refractivity contribution in [2.45, 2.75) is 0 Å². The van der Waals surface area contributed by atoms with E-state index in [9.17, 15) is 4.79 Å². The Kier molecular flexibility index (Phi) is 3.94. The molecule has 5 nitrogen and oxygen atoms in total. The number of hydrogen-bond acceptors (Lipinski definition) is 5. The van der Waals surface area contributed by atoms with Gasteiger partial charge in [-0.2, -0.15) is 5.10 Å². The Morgan fingerprint density at radius 1 is 1.53 bits per heavy atom. The van der Waals surface area contributed by atoms with E-state index in [2.05, 4.69) is 36.4 Å². The fraction of sp³-hybridized carbons (Fsp3) is 0.